The summed E-state index contributed by atoms with van der Waals surface area (Å²) in [5, 5.41) is 11.4. The number of nitrogens with zero attached hydrogens (tertiary/aromatic N) is 3. The van der Waals surface area contributed by atoms with Gasteiger partial charge in [0, 0.05) is 41.1 Å². The van der Waals surface area contributed by atoms with Crippen molar-refractivity contribution in [3.8, 4) is 5.75 Å². The Kier molecular flexibility index (Phi) is 5.07. The Labute approximate surface area is 223 Å². The van der Waals surface area contributed by atoms with Crippen LogP contribution in [0.4, 0.5) is 0 Å². The fourth-order valence-electron chi connectivity index (χ4n) is 5.53. The summed E-state index contributed by atoms with van der Waals surface area (Å²) in [5.74, 6) is 0.536. The molecule has 2 aliphatic rings. The van der Waals surface area contributed by atoms with Crippen LogP contribution in [0.3, 0.4) is 0 Å². The third-order valence-electron chi connectivity index (χ3n) is 7.24. The molecule has 0 spiro atoms. The predicted molar refractivity (Wildman–Crippen MR) is 148 cm³/mol. The van der Waals surface area contributed by atoms with Crippen molar-refractivity contribution in [1.29, 1.82) is 0 Å². The highest BCUT2D eigenvalue weighted by atomic mass is 35.5. The highest BCUT2D eigenvalue weighted by Crippen LogP contribution is 2.51. The molecule has 0 N–H and O–H groups in total. The molecule has 4 aromatic carbocycles. The Morgan fingerprint density at radius 1 is 0.946 bits per heavy atom. The number of halogens is 2. The average Bonchev–Trinajstić information content (AvgIpc) is 3.51. The van der Waals surface area contributed by atoms with Gasteiger partial charge in [0.15, 0.2) is 0 Å². The lowest BCUT2D eigenvalue weighted by atomic mass is 9.95. The number of fused-ring (bicyclic) bond motifs is 5. The summed E-state index contributed by atoms with van der Waals surface area (Å²) in [7, 11) is 0. The topological polar surface area (TPSA) is 46.8 Å². The van der Waals surface area contributed by atoms with Gasteiger partial charge in [-0.15, -0.1) is 0 Å². The van der Waals surface area contributed by atoms with Gasteiger partial charge in [-0.05, 0) is 40.6 Å². The number of carbonyl (C=O) groups is 1. The molecule has 0 radical (unpaired) electrons. The third kappa shape index (κ3) is 3.53. The Morgan fingerprint density at radius 3 is 2.57 bits per heavy atom. The van der Waals surface area contributed by atoms with E-state index in [4.69, 9.17) is 33.0 Å². The van der Waals surface area contributed by atoms with E-state index < -0.39 is 6.23 Å². The standard InChI is InChI=1S/C30H21Cl2N3O2/c1-17(36)34-16-24(22-8-4-5-9-27(22)34)30-35-28(23-13-21(31)14-25(32)29(23)37-30)15-26(33-35)20-11-10-18-6-2-3-7-19(18)12-20/h2-14,16,28,30H,15H2,1H3/t28-,30+/m0/s1. The number of rotatable bonds is 2. The molecule has 0 saturated carbocycles. The first-order valence-electron chi connectivity index (χ1n) is 12.1. The minimum absolute atomic E-state index is 0.0678. The van der Waals surface area contributed by atoms with Crippen LogP contribution in [0.25, 0.3) is 21.7 Å². The molecule has 182 valence electrons. The van der Waals surface area contributed by atoms with Crippen LogP contribution in [0.1, 0.15) is 47.1 Å². The summed E-state index contributed by atoms with van der Waals surface area (Å²) in [6.07, 6.45) is 1.96. The average molecular weight is 526 g/mol. The summed E-state index contributed by atoms with van der Waals surface area (Å²) in [5.41, 5.74) is 4.62. The molecule has 7 heteroatoms. The van der Waals surface area contributed by atoms with Gasteiger partial charge in [0.2, 0.25) is 12.1 Å². The van der Waals surface area contributed by atoms with E-state index in [1.807, 2.05) is 53.7 Å². The van der Waals surface area contributed by atoms with Crippen LogP contribution in [-0.4, -0.2) is 21.2 Å². The van der Waals surface area contributed by atoms with E-state index in [2.05, 4.69) is 30.3 Å². The van der Waals surface area contributed by atoms with Crippen molar-refractivity contribution in [3.05, 3.63) is 112 Å². The Morgan fingerprint density at radius 2 is 1.73 bits per heavy atom. The lowest BCUT2D eigenvalue weighted by Gasteiger charge is -2.38. The predicted octanol–water partition coefficient (Wildman–Crippen LogP) is 8.00. The lowest BCUT2D eigenvalue weighted by Crippen LogP contribution is -2.33. The van der Waals surface area contributed by atoms with Crippen molar-refractivity contribution in [3.63, 3.8) is 0 Å². The molecule has 5 nitrogen and oxygen atoms in total. The van der Waals surface area contributed by atoms with E-state index in [0.29, 0.717) is 22.2 Å². The summed E-state index contributed by atoms with van der Waals surface area (Å²) >= 11 is 13.1. The van der Waals surface area contributed by atoms with Gasteiger partial charge in [-0.1, -0.05) is 77.8 Å². The zero-order chi connectivity index (χ0) is 25.3. The first kappa shape index (κ1) is 22.4. The van der Waals surface area contributed by atoms with E-state index in [9.17, 15) is 4.79 Å². The molecule has 7 rings (SSSR count). The van der Waals surface area contributed by atoms with E-state index in [1.54, 1.807) is 17.6 Å². The van der Waals surface area contributed by atoms with Gasteiger partial charge in [0.05, 0.1) is 22.3 Å². The Hall–Kier alpha value is -3.80. The minimum Gasteiger partial charge on any atom is -0.463 e. The summed E-state index contributed by atoms with van der Waals surface area (Å²) in [4.78, 5) is 12.5. The first-order chi connectivity index (χ1) is 18.0. The maximum Gasteiger partial charge on any atom is 0.227 e. The van der Waals surface area contributed by atoms with Gasteiger partial charge in [-0.2, -0.15) is 5.10 Å². The monoisotopic (exact) mass is 525 g/mol. The van der Waals surface area contributed by atoms with Crippen LogP contribution in [0.2, 0.25) is 10.0 Å². The highest BCUT2D eigenvalue weighted by Gasteiger charge is 2.43. The summed E-state index contributed by atoms with van der Waals surface area (Å²) in [6.45, 7) is 1.56. The number of benzene rings is 4. The smallest absolute Gasteiger partial charge is 0.227 e. The van der Waals surface area contributed by atoms with E-state index in [0.717, 1.165) is 38.7 Å². The van der Waals surface area contributed by atoms with Gasteiger partial charge in [0.25, 0.3) is 0 Å². The molecule has 1 aromatic heterocycles. The van der Waals surface area contributed by atoms with Crippen molar-refractivity contribution in [1.82, 2.24) is 9.58 Å². The highest BCUT2D eigenvalue weighted by molar-refractivity contribution is 6.35. The zero-order valence-corrected chi connectivity index (χ0v) is 21.4. The van der Waals surface area contributed by atoms with Gasteiger partial charge < -0.3 is 4.74 Å². The molecular weight excluding hydrogens is 505 g/mol. The van der Waals surface area contributed by atoms with Crippen LogP contribution in [0, 0.1) is 0 Å². The lowest BCUT2D eigenvalue weighted by molar-refractivity contribution is -0.0180. The number of para-hydroxylation sites is 1. The fourth-order valence-corrected chi connectivity index (χ4v) is 6.08. The number of ether oxygens (including phenoxy) is 1. The molecule has 3 heterocycles. The van der Waals surface area contributed by atoms with E-state index in [1.165, 1.54) is 5.39 Å². The largest absolute Gasteiger partial charge is 0.463 e. The number of hydrogen-bond donors (Lipinski definition) is 0. The van der Waals surface area contributed by atoms with Gasteiger partial charge in [0.1, 0.15) is 5.75 Å². The molecule has 37 heavy (non-hydrogen) atoms. The SMILES string of the molecule is CC(=O)n1cc([C@H]2Oc3c(Cl)cc(Cl)cc3[C@@H]3CC(c4ccc5ccccc5c4)=NN23)c2ccccc21. The molecule has 0 unspecified atom stereocenters. The van der Waals surface area contributed by atoms with Crippen molar-refractivity contribution in [2.75, 3.05) is 0 Å². The van der Waals surface area contributed by atoms with Crippen molar-refractivity contribution < 1.29 is 9.53 Å². The number of hydrazone groups is 1. The molecule has 0 fully saturated rings. The molecule has 2 aliphatic heterocycles. The molecule has 0 aliphatic carbocycles. The van der Waals surface area contributed by atoms with Gasteiger partial charge in [-0.25, -0.2) is 5.01 Å². The Bertz CT molecular complexity index is 1770. The second-order valence-electron chi connectivity index (χ2n) is 9.48. The van der Waals surface area contributed by atoms with Crippen LogP contribution in [-0.2, 0) is 0 Å². The van der Waals surface area contributed by atoms with Crippen LogP contribution < -0.4 is 4.74 Å². The second-order valence-corrected chi connectivity index (χ2v) is 10.3. The van der Waals surface area contributed by atoms with E-state index >= 15 is 0 Å². The zero-order valence-electron chi connectivity index (χ0n) is 19.9. The molecular formula is C30H21Cl2N3O2. The Balaban J connectivity index is 1.41. The second kappa shape index (κ2) is 8.37. The number of hydrogen-bond acceptors (Lipinski definition) is 4. The number of aromatic nitrogens is 1. The normalized spacial score (nSPS) is 18.5. The number of carbonyl (C=O) groups excluding carboxylic acids is 1. The van der Waals surface area contributed by atoms with E-state index in [-0.39, 0.29) is 11.9 Å². The molecule has 0 amide bonds. The van der Waals surface area contributed by atoms with Gasteiger partial charge >= 0.3 is 0 Å². The molecule has 2 atom stereocenters. The molecule has 0 bridgehead atoms. The maximum atomic E-state index is 12.5. The van der Waals surface area contributed by atoms with Crippen LogP contribution in [0.15, 0.2) is 90.2 Å². The first-order valence-corrected chi connectivity index (χ1v) is 12.8. The van der Waals surface area contributed by atoms with Crippen LogP contribution in [0.5, 0.6) is 5.75 Å². The minimum atomic E-state index is -0.570. The fraction of sp³-hybridized carbons (Fsp3) is 0.133. The van der Waals surface area contributed by atoms with Gasteiger partial charge in [-0.3, -0.25) is 9.36 Å². The molecule has 0 saturated heterocycles. The third-order valence-corrected chi connectivity index (χ3v) is 7.74. The summed E-state index contributed by atoms with van der Waals surface area (Å²) < 4.78 is 8.24. The van der Waals surface area contributed by atoms with Crippen molar-refractivity contribution in [2.24, 2.45) is 5.10 Å². The quantitative estimate of drug-likeness (QED) is 0.234. The van der Waals surface area contributed by atoms with Crippen molar-refractivity contribution >= 4 is 56.5 Å². The van der Waals surface area contributed by atoms with Crippen molar-refractivity contribution in [2.45, 2.75) is 25.6 Å². The molecule has 5 aromatic rings. The van der Waals surface area contributed by atoms with Crippen LogP contribution >= 0.6 is 23.2 Å². The maximum absolute atomic E-state index is 12.5. The summed E-state index contributed by atoms with van der Waals surface area (Å²) in [6, 6.07) is 26.0.